The van der Waals surface area contributed by atoms with Crippen molar-refractivity contribution in [1.82, 2.24) is 9.97 Å². The zero-order valence-electron chi connectivity index (χ0n) is 11.4. The Balaban J connectivity index is 2.34. The molecule has 0 aliphatic carbocycles. The number of aliphatic hydroxyl groups excluding tert-OH is 1. The van der Waals surface area contributed by atoms with Gasteiger partial charge in [-0.25, -0.2) is 14.4 Å². The van der Waals surface area contributed by atoms with Crippen molar-refractivity contribution in [3.63, 3.8) is 0 Å². The molecule has 0 aliphatic rings. The second-order valence-corrected chi connectivity index (χ2v) is 4.86. The summed E-state index contributed by atoms with van der Waals surface area (Å²) in [6, 6.07) is 11.3. The topological polar surface area (TPSA) is 72.0 Å². The Morgan fingerprint density at radius 2 is 1.90 bits per heavy atom. The van der Waals surface area contributed by atoms with Crippen molar-refractivity contribution in [1.29, 1.82) is 0 Å². The third kappa shape index (κ3) is 2.43. The molecule has 3 N–H and O–H groups in total. The van der Waals surface area contributed by atoms with Crippen LogP contribution in [-0.2, 0) is 0 Å². The van der Waals surface area contributed by atoms with Crippen molar-refractivity contribution in [3.8, 4) is 11.3 Å². The van der Waals surface area contributed by atoms with Crippen molar-refractivity contribution in [2.24, 2.45) is 0 Å². The van der Waals surface area contributed by atoms with Gasteiger partial charge in [-0.05, 0) is 31.2 Å². The van der Waals surface area contributed by atoms with Crippen molar-refractivity contribution < 1.29 is 9.50 Å². The van der Waals surface area contributed by atoms with Crippen LogP contribution in [0.4, 0.5) is 10.1 Å². The Bertz CT molecular complexity index is 818. The molecule has 0 amide bonds. The molecule has 4 nitrogen and oxygen atoms in total. The fourth-order valence-corrected chi connectivity index (χ4v) is 2.25. The van der Waals surface area contributed by atoms with E-state index in [-0.39, 0.29) is 5.82 Å². The molecule has 0 fully saturated rings. The van der Waals surface area contributed by atoms with Crippen LogP contribution in [0.25, 0.3) is 22.3 Å². The average Bonchev–Trinajstić information content (AvgIpc) is 2.46. The summed E-state index contributed by atoms with van der Waals surface area (Å²) in [6.07, 6.45) is -0.818. The van der Waals surface area contributed by atoms with Gasteiger partial charge in [-0.3, -0.25) is 0 Å². The summed E-state index contributed by atoms with van der Waals surface area (Å²) in [4.78, 5) is 8.92. The van der Waals surface area contributed by atoms with Crippen molar-refractivity contribution in [3.05, 3.63) is 54.0 Å². The monoisotopic (exact) mass is 283 g/mol. The fourth-order valence-electron chi connectivity index (χ4n) is 2.25. The highest BCUT2D eigenvalue weighted by Gasteiger charge is 2.16. The normalized spacial score (nSPS) is 12.5. The fraction of sp³-hybridized carbons (Fsp3) is 0.125. The maximum atomic E-state index is 13.4. The first-order valence-electron chi connectivity index (χ1n) is 6.56. The third-order valence-corrected chi connectivity index (χ3v) is 3.25. The molecule has 0 radical (unpaired) electrons. The predicted molar refractivity (Wildman–Crippen MR) is 80.0 cm³/mol. The predicted octanol–water partition coefficient (Wildman–Crippen LogP) is 3.07. The summed E-state index contributed by atoms with van der Waals surface area (Å²) < 4.78 is 13.4. The van der Waals surface area contributed by atoms with Crippen molar-refractivity contribution in [2.45, 2.75) is 13.0 Å². The molecule has 0 saturated carbocycles. The Morgan fingerprint density at radius 1 is 1.14 bits per heavy atom. The third-order valence-electron chi connectivity index (χ3n) is 3.25. The number of nitrogen functional groups attached to an aromatic ring is 1. The number of halogens is 1. The number of rotatable bonds is 2. The first-order chi connectivity index (χ1) is 10.1. The SMILES string of the molecule is CC(O)c1nc2cccc(N)c2nc1-c1cccc(F)c1. The highest BCUT2D eigenvalue weighted by molar-refractivity contribution is 5.88. The number of hydrogen-bond acceptors (Lipinski definition) is 4. The maximum absolute atomic E-state index is 13.4. The van der Waals surface area contributed by atoms with Gasteiger partial charge in [-0.1, -0.05) is 18.2 Å². The van der Waals surface area contributed by atoms with Crippen molar-refractivity contribution >= 4 is 16.7 Å². The summed E-state index contributed by atoms with van der Waals surface area (Å²) in [7, 11) is 0. The van der Waals surface area contributed by atoms with Crippen LogP contribution >= 0.6 is 0 Å². The van der Waals surface area contributed by atoms with Crippen LogP contribution in [0.3, 0.4) is 0 Å². The Kier molecular flexibility index (Phi) is 3.27. The summed E-state index contributed by atoms with van der Waals surface area (Å²) in [5, 5.41) is 9.94. The molecule has 0 spiro atoms. The molecule has 1 unspecified atom stereocenters. The summed E-state index contributed by atoms with van der Waals surface area (Å²) in [5.74, 6) is -0.369. The van der Waals surface area contributed by atoms with Crippen molar-refractivity contribution in [2.75, 3.05) is 5.73 Å². The molecule has 1 aromatic heterocycles. The number of aromatic nitrogens is 2. The minimum Gasteiger partial charge on any atom is -0.397 e. The molecule has 106 valence electrons. The zero-order chi connectivity index (χ0) is 15.0. The summed E-state index contributed by atoms with van der Waals surface area (Å²) in [6.45, 7) is 1.60. The number of anilines is 1. The minimum atomic E-state index is -0.818. The Labute approximate surface area is 121 Å². The lowest BCUT2D eigenvalue weighted by molar-refractivity contribution is 0.195. The number of para-hydroxylation sites is 1. The van der Waals surface area contributed by atoms with Gasteiger partial charge in [0.15, 0.2) is 0 Å². The molecule has 3 aromatic rings. The molecule has 21 heavy (non-hydrogen) atoms. The molecule has 2 aromatic carbocycles. The van der Waals surface area contributed by atoms with E-state index in [0.717, 1.165) is 0 Å². The summed E-state index contributed by atoms with van der Waals surface area (Å²) >= 11 is 0. The Hall–Kier alpha value is -2.53. The molecule has 1 heterocycles. The standard InChI is InChI=1S/C16H14FN3O/c1-9(21)14-15(10-4-2-5-11(17)8-10)20-16-12(18)6-3-7-13(16)19-14/h2-9,21H,18H2,1H3. The van der Waals surface area contributed by atoms with E-state index < -0.39 is 6.10 Å². The summed E-state index contributed by atoms with van der Waals surface area (Å²) in [5.41, 5.74) is 8.96. The van der Waals surface area contributed by atoms with Gasteiger partial charge >= 0.3 is 0 Å². The molecular formula is C16H14FN3O. The lowest BCUT2D eigenvalue weighted by atomic mass is 10.1. The number of aliphatic hydroxyl groups is 1. The van der Waals surface area contributed by atoms with E-state index in [1.165, 1.54) is 12.1 Å². The van der Waals surface area contributed by atoms with Crippen LogP contribution in [0.5, 0.6) is 0 Å². The van der Waals surface area contributed by atoms with E-state index >= 15 is 0 Å². The van der Waals surface area contributed by atoms with E-state index in [4.69, 9.17) is 5.73 Å². The molecule has 5 heteroatoms. The van der Waals surface area contributed by atoms with Gasteiger partial charge in [-0.2, -0.15) is 0 Å². The molecule has 3 rings (SSSR count). The minimum absolute atomic E-state index is 0.369. The number of hydrogen-bond donors (Lipinski definition) is 2. The van der Waals surface area contributed by atoms with Gasteiger partial charge in [0.2, 0.25) is 0 Å². The second-order valence-electron chi connectivity index (χ2n) is 4.86. The Morgan fingerprint density at radius 3 is 2.62 bits per heavy atom. The van der Waals surface area contributed by atoms with Gasteiger partial charge in [0, 0.05) is 5.56 Å². The molecule has 0 bridgehead atoms. The van der Waals surface area contributed by atoms with Gasteiger partial charge in [0.25, 0.3) is 0 Å². The van der Waals surface area contributed by atoms with Gasteiger partial charge in [-0.15, -0.1) is 0 Å². The van der Waals surface area contributed by atoms with Gasteiger partial charge in [0.05, 0.1) is 28.7 Å². The van der Waals surface area contributed by atoms with Crippen LogP contribution in [0.15, 0.2) is 42.5 Å². The first kappa shape index (κ1) is 13.5. The number of nitrogens with zero attached hydrogens (tertiary/aromatic N) is 2. The highest BCUT2D eigenvalue weighted by Crippen LogP contribution is 2.29. The average molecular weight is 283 g/mol. The lowest BCUT2D eigenvalue weighted by Crippen LogP contribution is -2.04. The maximum Gasteiger partial charge on any atom is 0.123 e. The smallest absolute Gasteiger partial charge is 0.123 e. The number of fused-ring (bicyclic) bond motifs is 1. The van der Waals surface area contributed by atoms with E-state index in [2.05, 4.69) is 9.97 Å². The molecular weight excluding hydrogens is 269 g/mol. The molecule has 0 saturated heterocycles. The van der Waals surface area contributed by atoms with Crippen LogP contribution in [0.2, 0.25) is 0 Å². The highest BCUT2D eigenvalue weighted by atomic mass is 19.1. The van der Waals surface area contributed by atoms with Crippen LogP contribution in [0.1, 0.15) is 18.7 Å². The zero-order valence-corrected chi connectivity index (χ0v) is 11.4. The second kappa shape index (κ2) is 5.10. The van der Waals surface area contributed by atoms with Crippen LogP contribution in [-0.4, -0.2) is 15.1 Å². The number of nitrogens with two attached hydrogens (primary N) is 1. The van der Waals surface area contributed by atoms with E-state index in [0.29, 0.717) is 33.7 Å². The lowest BCUT2D eigenvalue weighted by Gasteiger charge is -2.13. The van der Waals surface area contributed by atoms with E-state index in [1.54, 1.807) is 37.3 Å². The van der Waals surface area contributed by atoms with Gasteiger partial charge < -0.3 is 10.8 Å². The first-order valence-corrected chi connectivity index (χ1v) is 6.56. The van der Waals surface area contributed by atoms with Gasteiger partial charge in [0.1, 0.15) is 11.3 Å². The molecule has 1 atom stereocenters. The van der Waals surface area contributed by atoms with Crippen LogP contribution < -0.4 is 5.73 Å². The number of benzene rings is 2. The quantitative estimate of drug-likeness (QED) is 0.709. The van der Waals surface area contributed by atoms with E-state index in [1.807, 2.05) is 0 Å². The molecule has 0 aliphatic heterocycles. The van der Waals surface area contributed by atoms with Crippen LogP contribution in [0, 0.1) is 5.82 Å². The largest absolute Gasteiger partial charge is 0.397 e. The van der Waals surface area contributed by atoms with E-state index in [9.17, 15) is 9.50 Å².